The Labute approximate surface area is 159 Å². The van der Waals surface area contributed by atoms with Crippen molar-refractivity contribution in [2.45, 2.75) is 36.8 Å². The van der Waals surface area contributed by atoms with Crippen molar-refractivity contribution in [3.8, 4) is 0 Å². The van der Waals surface area contributed by atoms with Crippen LogP contribution in [0.3, 0.4) is 0 Å². The van der Waals surface area contributed by atoms with Crippen LogP contribution in [-0.4, -0.2) is 31.9 Å². The first kappa shape index (κ1) is 20.6. The fraction of sp³-hybridized carbons (Fsp3) is 0.300. The van der Waals surface area contributed by atoms with Gasteiger partial charge >= 0.3 is 5.97 Å². The minimum atomic E-state index is -3.44. The molecule has 0 unspecified atom stereocenters. The zero-order valence-electron chi connectivity index (χ0n) is 15.1. The number of carboxylic acids is 1. The summed E-state index contributed by atoms with van der Waals surface area (Å²) in [4.78, 5) is 22.7. The molecule has 6 nitrogen and oxygen atoms in total. The first-order chi connectivity index (χ1) is 12.8. The predicted molar refractivity (Wildman–Crippen MR) is 102 cm³/mol. The van der Waals surface area contributed by atoms with Crippen LogP contribution in [0.2, 0.25) is 0 Å². The molecule has 0 aliphatic carbocycles. The molecule has 0 heterocycles. The molecule has 0 saturated heterocycles. The first-order valence-corrected chi connectivity index (χ1v) is 10.3. The summed E-state index contributed by atoms with van der Waals surface area (Å²) in [7, 11) is -3.44. The third-order valence-corrected chi connectivity index (χ3v) is 5.76. The van der Waals surface area contributed by atoms with Gasteiger partial charge in [-0.1, -0.05) is 29.8 Å². The van der Waals surface area contributed by atoms with Gasteiger partial charge in [-0.25, -0.2) is 8.42 Å². The van der Waals surface area contributed by atoms with Crippen molar-refractivity contribution < 1.29 is 23.1 Å². The van der Waals surface area contributed by atoms with Crippen LogP contribution < -0.4 is 5.32 Å². The van der Waals surface area contributed by atoms with E-state index in [4.69, 9.17) is 5.11 Å². The number of unbranched alkanes of at least 4 members (excludes halogenated alkanes) is 1. The Kier molecular flexibility index (Phi) is 7.12. The maximum atomic E-state index is 12.5. The second kappa shape index (κ2) is 9.32. The Hall–Kier alpha value is -2.67. The Balaban J connectivity index is 1.91. The van der Waals surface area contributed by atoms with Gasteiger partial charge in [0, 0.05) is 18.5 Å². The lowest BCUT2D eigenvalue weighted by Gasteiger charge is -2.07. The van der Waals surface area contributed by atoms with Crippen molar-refractivity contribution >= 4 is 21.7 Å². The number of carbonyl (C=O) groups excluding carboxylic acids is 1. The van der Waals surface area contributed by atoms with Gasteiger partial charge in [-0.2, -0.15) is 0 Å². The van der Waals surface area contributed by atoms with E-state index in [1.807, 2.05) is 6.92 Å². The fourth-order valence-corrected chi connectivity index (χ4v) is 3.85. The molecule has 0 aromatic heterocycles. The van der Waals surface area contributed by atoms with E-state index < -0.39 is 15.8 Å². The predicted octanol–water partition coefficient (Wildman–Crippen LogP) is 2.95. The average molecular weight is 389 g/mol. The van der Waals surface area contributed by atoms with E-state index in [0.29, 0.717) is 30.5 Å². The smallest absolute Gasteiger partial charge is 0.303 e. The molecule has 144 valence electrons. The van der Waals surface area contributed by atoms with Gasteiger partial charge in [-0.3, -0.25) is 9.59 Å². The molecule has 0 bridgehead atoms. The second-order valence-electron chi connectivity index (χ2n) is 6.38. The zero-order valence-corrected chi connectivity index (χ0v) is 16.0. The van der Waals surface area contributed by atoms with Crippen molar-refractivity contribution in [2.24, 2.45) is 0 Å². The van der Waals surface area contributed by atoms with E-state index >= 15 is 0 Å². The molecule has 2 N–H and O–H groups in total. The topological polar surface area (TPSA) is 101 Å². The normalized spacial score (nSPS) is 11.1. The number of amides is 1. The van der Waals surface area contributed by atoms with E-state index in [1.54, 1.807) is 48.5 Å². The summed E-state index contributed by atoms with van der Waals surface area (Å²) in [6.45, 7) is 2.29. The number of aryl methyl sites for hydroxylation is 1. The quantitative estimate of drug-likeness (QED) is 0.642. The fourth-order valence-electron chi connectivity index (χ4n) is 2.51. The molecule has 0 aliphatic rings. The molecule has 0 radical (unpaired) electrons. The van der Waals surface area contributed by atoms with Crippen molar-refractivity contribution in [1.29, 1.82) is 0 Å². The van der Waals surface area contributed by atoms with Gasteiger partial charge in [0.05, 0.1) is 10.6 Å². The number of rotatable bonds is 9. The van der Waals surface area contributed by atoms with E-state index in [0.717, 1.165) is 5.56 Å². The highest BCUT2D eigenvalue weighted by Crippen LogP contribution is 2.17. The molecule has 7 heteroatoms. The number of aliphatic carboxylic acids is 1. The summed E-state index contributed by atoms with van der Waals surface area (Å²) < 4.78 is 24.9. The molecule has 2 aromatic carbocycles. The summed E-state index contributed by atoms with van der Waals surface area (Å²) in [5.74, 6) is -1.25. The van der Waals surface area contributed by atoms with Gasteiger partial charge in [-0.05, 0) is 49.6 Å². The molecular formula is C20H23NO5S. The highest BCUT2D eigenvalue weighted by molar-refractivity contribution is 7.90. The average Bonchev–Trinajstić information content (AvgIpc) is 2.61. The molecule has 0 atom stereocenters. The minimum Gasteiger partial charge on any atom is -0.481 e. The molecule has 0 saturated carbocycles. The number of hydrogen-bond donors (Lipinski definition) is 2. The number of carboxylic acid groups (broad SMARTS) is 1. The Bertz CT molecular complexity index is 887. The van der Waals surface area contributed by atoms with Crippen LogP contribution in [0.25, 0.3) is 0 Å². The number of nitrogens with one attached hydrogen (secondary N) is 1. The van der Waals surface area contributed by atoms with Gasteiger partial charge in [0.25, 0.3) is 5.91 Å². The molecule has 0 fully saturated rings. The summed E-state index contributed by atoms with van der Waals surface area (Å²) in [6.07, 6.45) is 1.18. The van der Waals surface area contributed by atoms with Crippen LogP contribution in [0.4, 0.5) is 0 Å². The Morgan fingerprint density at radius 3 is 2.19 bits per heavy atom. The Morgan fingerprint density at radius 1 is 0.963 bits per heavy atom. The maximum absolute atomic E-state index is 12.5. The third-order valence-electron chi connectivity index (χ3n) is 4.06. The van der Waals surface area contributed by atoms with Crippen LogP contribution in [0.5, 0.6) is 0 Å². The molecule has 2 rings (SSSR count). The Morgan fingerprint density at radius 2 is 1.59 bits per heavy atom. The first-order valence-electron chi connectivity index (χ1n) is 8.66. The zero-order chi connectivity index (χ0) is 19.9. The van der Waals surface area contributed by atoms with E-state index in [9.17, 15) is 18.0 Å². The monoisotopic (exact) mass is 389 g/mol. The van der Waals surface area contributed by atoms with Crippen molar-refractivity contribution in [2.75, 3.05) is 6.54 Å². The van der Waals surface area contributed by atoms with E-state index in [2.05, 4.69) is 5.32 Å². The maximum Gasteiger partial charge on any atom is 0.303 e. The van der Waals surface area contributed by atoms with Gasteiger partial charge in [0.15, 0.2) is 9.84 Å². The number of carbonyl (C=O) groups is 2. The minimum absolute atomic E-state index is 0.0834. The number of sulfone groups is 1. The standard InChI is InChI=1S/C20H23NO5S/c1-15-5-11-18(12-6-15)27(25,26)14-16-7-9-17(10-8-16)20(24)21-13-3-2-4-19(22)23/h5-12H,2-4,13-14H2,1H3,(H,21,24)(H,22,23). The van der Waals surface area contributed by atoms with Crippen molar-refractivity contribution in [3.05, 3.63) is 65.2 Å². The molecule has 2 aromatic rings. The second-order valence-corrected chi connectivity index (χ2v) is 8.37. The third kappa shape index (κ3) is 6.53. The molecule has 27 heavy (non-hydrogen) atoms. The summed E-state index contributed by atoms with van der Waals surface area (Å²) in [5, 5.41) is 11.3. The van der Waals surface area contributed by atoms with Gasteiger partial charge in [0.2, 0.25) is 0 Å². The van der Waals surface area contributed by atoms with Gasteiger partial charge in [-0.15, -0.1) is 0 Å². The lowest BCUT2D eigenvalue weighted by molar-refractivity contribution is -0.137. The van der Waals surface area contributed by atoms with Crippen molar-refractivity contribution in [1.82, 2.24) is 5.32 Å². The molecular weight excluding hydrogens is 366 g/mol. The SMILES string of the molecule is Cc1ccc(S(=O)(=O)Cc2ccc(C(=O)NCCCCC(=O)O)cc2)cc1. The molecule has 0 spiro atoms. The molecule has 1 amide bonds. The highest BCUT2D eigenvalue weighted by atomic mass is 32.2. The van der Waals surface area contributed by atoms with Crippen LogP contribution in [-0.2, 0) is 20.4 Å². The van der Waals surface area contributed by atoms with Crippen LogP contribution in [0.15, 0.2) is 53.4 Å². The van der Waals surface area contributed by atoms with Crippen LogP contribution in [0.1, 0.15) is 40.7 Å². The van der Waals surface area contributed by atoms with Crippen molar-refractivity contribution in [3.63, 3.8) is 0 Å². The lowest BCUT2D eigenvalue weighted by atomic mass is 10.1. The van der Waals surface area contributed by atoms with Crippen LogP contribution >= 0.6 is 0 Å². The van der Waals surface area contributed by atoms with E-state index in [1.165, 1.54) is 0 Å². The summed E-state index contributed by atoms with van der Waals surface area (Å²) in [5.41, 5.74) is 2.03. The summed E-state index contributed by atoms with van der Waals surface area (Å²) in [6, 6.07) is 13.1. The van der Waals surface area contributed by atoms with E-state index in [-0.39, 0.29) is 23.0 Å². The molecule has 0 aliphatic heterocycles. The van der Waals surface area contributed by atoms with Gasteiger partial charge in [0.1, 0.15) is 0 Å². The number of benzene rings is 2. The largest absolute Gasteiger partial charge is 0.481 e. The lowest BCUT2D eigenvalue weighted by Crippen LogP contribution is -2.24. The highest BCUT2D eigenvalue weighted by Gasteiger charge is 2.15. The number of hydrogen-bond acceptors (Lipinski definition) is 4. The van der Waals surface area contributed by atoms with Gasteiger partial charge < -0.3 is 10.4 Å². The van der Waals surface area contributed by atoms with Crippen LogP contribution in [0, 0.1) is 6.92 Å². The summed E-state index contributed by atoms with van der Waals surface area (Å²) >= 11 is 0.